The predicted octanol–water partition coefficient (Wildman–Crippen LogP) is 4.10. The fourth-order valence-electron chi connectivity index (χ4n) is 3.47. The van der Waals surface area contributed by atoms with Crippen molar-refractivity contribution in [2.75, 3.05) is 23.3 Å². The zero-order chi connectivity index (χ0) is 17.8. The lowest BCUT2D eigenvalue weighted by Gasteiger charge is -2.28. The van der Waals surface area contributed by atoms with Gasteiger partial charge in [-0.3, -0.25) is 4.98 Å². The average molecular weight is 343 g/mol. The molecule has 0 atom stereocenters. The third-order valence-electron chi connectivity index (χ3n) is 4.86. The Kier molecular flexibility index (Phi) is 4.65. The molecule has 1 N–H and O–H groups in total. The van der Waals surface area contributed by atoms with Gasteiger partial charge in [0.2, 0.25) is 0 Å². The number of nitrogens with zero attached hydrogens (tertiary/aromatic N) is 4. The Morgan fingerprint density at radius 1 is 1.08 bits per heavy atom. The molecule has 3 aromatic rings. The Hall–Kier alpha value is -3.13. The van der Waals surface area contributed by atoms with Gasteiger partial charge in [-0.2, -0.15) is 5.26 Å². The lowest BCUT2D eigenvalue weighted by atomic mass is 10.1. The van der Waals surface area contributed by atoms with Crippen LogP contribution in [0.1, 0.15) is 30.4 Å². The van der Waals surface area contributed by atoms with Crippen LogP contribution in [-0.2, 0) is 6.54 Å². The SMILES string of the molecule is N#Cc1cnc2ccccc2c1NCc1ccnc(N2CCCCC2)c1. The summed E-state index contributed by atoms with van der Waals surface area (Å²) in [5.41, 5.74) is 3.45. The summed E-state index contributed by atoms with van der Waals surface area (Å²) in [4.78, 5) is 11.3. The smallest absolute Gasteiger partial charge is 0.128 e. The Balaban J connectivity index is 1.58. The number of hydrogen-bond acceptors (Lipinski definition) is 5. The van der Waals surface area contributed by atoms with Crippen LogP contribution in [0.3, 0.4) is 0 Å². The van der Waals surface area contributed by atoms with Gasteiger partial charge in [-0.1, -0.05) is 18.2 Å². The molecule has 0 amide bonds. The van der Waals surface area contributed by atoms with Gasteiger partial charge in [0.1, 0.15) is 11.9 Å². The Morgan fingerprint density at radius 3 is 2.77 bits per heavy atom. The molecule has 0 radical (unpaired) electrons. The predicted molar refractivity (Wildman–Crippen MR) is 104 cm³/mol. The number of piperidine rings is 1. The van der Waals surface area contributed by atoms with Crippen molar-refractivity contribution in [1.82, 2.24) is 9.97 Å². The number of benzene rings is 1. The molecule has 1 aliphatic rings. The van der Waals surface area contributed by atoms with E-state index in [1.54, 1.807) is 6.20 Å². The largest absolute Gasteiger partial charge is 0.379 e. The van der Waals surface area contributed by atoms with Gasteiger partial charge in [0.25, 0.3) is 0 Å². The monoisotopic (exact) mass is 343 g/mol. The first-order valence-corrected chi connectivity index (χ1v) is 9.07. The van der Waals surface area contributed by atoms with Gasteiger partial charge < -0.3 is 10.2 Å². The summed E-state index contributed by atoms with van der Waals surface area (Å²) in [7, 11) is 0. The summed E-state index contributed by atoms with van der Waals surface area (Å²) in [5, 5.41) is 13.9. The van der Waals surface area contributed by atoms with Crippen molar-refractivity contribution in [3.8, 4) is 6.07 Å². The Morgan fingerprint density at radius 2 is 1.92 bits per heavy atom. The molecule has 2 aromatic heterocycles. The fraction of sp³-hybridized carbons (Fsp3) is 0.286. The summed E-state index contributed by atoms with van der Waals surface area (Å²) < 4.78 is 0. The second-order valence-electron chi connectivity index (χ2n) is 6.60. The van der Waals surface area contributed by atoms with Gasteiger partial charge in [-0.15, -0.1) is 0 Å². The maximum Gasteiger partial charge on any atom is 0.128 e. The molecule has 130 valence electrons. The van der Waals surface area contributed by atoms with Crippen LogP contribution in [0.4, 0.5) is 11.5 Å². The van der Waals surface area contributed by atoms with E-state index < -0.39 is 0 Å². The number of anilines is 2. The Bertz CT molecular complexity index is 954. The highest BCUT2D eigenvalue weighted by atomic mass is 15.2. The molecule has 3 heterocycles. The first-order valence-electron chi connectivity index (χ1n) is 9.07. The quantitative estimate of drug-likeness (QED) is 0.772. The molecule has 26 heavy (non-hydrogen) atoms. The highest BCUT2D eigenvalue weighted by Crippen LogP contribution is 2.26. The van der Waals surface area contributed by atoms with E-state index in [1.165, 1.54) is 19.3 Å². The van der Waals surface area contributed by atoms with Gasteiger partial charge >= 0.3 is 0 Å². The minimum atomic E-state index is 0.564. The van der Waals surface area contributed by atoms with Gasteiger partial charge in [-0.05, 0) is 43.0 Å². The van der Waals surface area contributed by atoms with Crippen LogP contribution in [0.15, 0.2) is 48.8 Å². The average Bonchev–Trinajstić information content (AvgIpc) is 2.72. The number of rotatable bonds is 4. The van der Waals surface area contributed by atoms with Crippen molar-refractivity contribution in [2.24, 2.45) is 0 Å². The number of pyridine rings is 2. The first kappa shape index (κ1) is 16.3. The van der Waals surface area contributed by atoms with E-state index in [2.05, 4.69) is 32.3 Å². The number of fused-ring (bicyclic) bond motifs is 1. The van der Waals surface area contributed by atoms with E-state index in [0.717, 1.165) is 41.1 Å². The summed E-state index contributed by atoms with van der Waals surface area (Å²) in [6, 6.07) is 14.3. The molecule has 5 nitrogen and oxygen atoms in total. The maximum atomic E-state index is 9.44. The van der Waals surface area contributed by atoms with Crippen LogP contribution in [0.25, 0.3) is 10.9 Å². The minimum absolute atomic E-state index is 0.564. The number of hydrogen-bond donors (Lipinski definition) is 1. The molecule has 5 heteroatoms. The zero-order valence-corrected chi connectivity index (χ0v) is 14.7. The minimum Gasteiger partial charge on any atom is -0.379 e. The third-order valence-corrected chi connectivity index (χ3v) is 4.86. The molecule has 0 saturated carbocycles. The van der Waals surface area contributed by atoms with E-state index in [0.29, 0.717) is 12.1 Å². The molecular formula is C21H21N5. The van der Waals surface area contributed by atoms with Crippen LogP contribution < -0.4 is 10.2 Å². The van der Waals surface area contributed by atoms with Crippen molar-refractivity contribution in [2.45, 2.75) is 25.8 Å². The topological polar surface area (TPSA) is 64.8 Å². The molecule has 4 rings (SSSR count). The first-order chi connectivity index (χ1) is 12.8. The molecule has 1 aliphatic heterocycles. The molecule has 0 aliphatic carbocycles. The molecule has 0 bridgehead atoms. The van der Waals surface area contributed by atoms with E-state index in [9.17, 15) is 5.26 Å². The maximum absolute atomic E-state index is 9.44. The van der Waals surface area contributed by atoms with Crippen molar-refractivity contribution in [1.29, 1.82) is 5.26 Å². The molecule has 1 saturated heterocycles. The van der Waals surface area contributed by atoms with E-state index in [-0.39, 0.29) is 0 Å². The van der Waals surface area contributed by atoms with Crippen molar-refractivity contribution in [3.63, 3.8) is 0 Å². The molecule has 1 fully saturated rings. The van der Waals surface area contributed by atoms with Crippen LogP contribution in [0.5, 0.6) is 0 Å². The third kappa shape index (κ3) is 3.31. The normalized spacial score (nSPS) is 14.2. The van der Waals surface area contributed by atoms with Gasteiger partial charge in [0, 0.05) is 37.4 Å². The van der Waals surface area contributed by atoms with Crippen LogP contribution in [0, 0.1) is 11.3 Å². The summed E-state index contributed by atoms with van der Waals surface area (Å²) in [5.74, 6) is 1.05. The van der Waals surface area contributed by atoms with E-state index >= 15 is 0 Å². The zero-order valence-electron chi connectivity index (χ0n) is 14.7. The number of aromatic nitrogens is 2. The van der Waals surface area contributed by atoms with Crippen LogP contribution in [0.2, 0.25) is 0 Å². The van der Waals surface area contributed by atoms with Crippen LogP contribution in [-0.4, -0.2) is 23.1 Å². The second-order valence-corrected chi connectivity index (χ2v) is 6.60. The van der Waals surface area contributed by atoms with Crippen LogP contribution >= 0.6 is 0 Å². The highest BCUT2D eigenvalue weighted by Gasteiger charge is 2.13. The second kappa shape index (κ2) is 7.40. The molecule has 1 aromatic carbocycles. The fourth-order valence-corrected chi connectivity index (χ4v) is 3.47. The summed E-state index contributed by atoms with van der Waals surface area (Å²) >= 11 is 0. The van der Waals surface area contributed by atoms with Gasteiger partial charge in [0.15, 0.2) is 0 Å². The lowest BCUT2D eigenvalue weighted by molar-refractivity contribution is 0.573. The van der Waals surface area contributed by atoms with E-state index in [1.807, 2.05) is 36.5 Å². The lowest BCUT2D eigenvalue weighted by Crippen LogP contribution is -2.30. The van der Waals surface area contributed by atoms with E-state index in [4.69, 9.17) is 0 Å². The Labute approximate surface area is 153 Å². The number of nitrogens with one attached hydrogen (secondary N) is 1. The number of nitriles is 1. The van der Waals surface area contributed by atoms with Crippen molar-refractivity contribution >= 4 is 22.4 Å². The number of para-hydroxylation sites is 1. The molecule has 0 spiro atoms. The standard InChI is InChI=1S/C21H21N5/c22-13-17-15-24-19-7-3-2-6-18(19)21(17)25-14-16-8-9-23-20(12-16)26-10-4-1-5-11-26/h2-3,6-9,12,15H,1,4-5,10-11,14H2,(H,24,25). The van der Waals surface area contributed by atoms with Gasteiger partial charge in [-0.25, -0.2) is 4.98 Å². The van der Waals surface area contributed by atoms with Gasteiger partial charge in [0.05, 0.1) is 16.8 Å². The molecule has 0 unspecified atom stereocenters. The highest BCUT2D eigenvalue weighted by molar-refractivity contribution is 5.93. The van der Waals surface area contributed by atoms with Crippen molar-refractivity contribution in [3.05, 3.63) is 59.9 Å². The molecular weight excluding hydrogens is 322 g/mol. The summed E-state index contributed by atoms with van der Waals surface area (Å²) in [6.07, 6.45) is 7.29. The van der Waals surface area contributed by atoms with Crippen molar-refractivity contribution < 1.29 is 0 Å². The summed E-state index contributed by atoms with van der Waals surface area (Å²) in [6.45, 7) is 2.81.